The molecular weight excluding hydrogens is 244 g/mol. The zero-order valence-corrected chi connectivity index (χ0v) is 10.9. The van der Waals surface area contributed by atoms with E-state index < -0.39 is 0 Å². The van der Waals surface area contributed by atoms with Gasteiger partial charge < -0.3 is 14.5 Å². The first-order valence-electron chi connectivity index (χ1n) is 6.77. The lowest BCUT2D eigenvalue weighted by molar-refractivity contribution is -0.141. The number of anilines is 1. The number of ether oxygens (including phenoxy) is 1. The van der Waals surface area contributed by atoms with Gasteiger partial charge in [0.1, 0.15) is 6.10 Å². The summed E-state index contributed by atoms with van der Waals surface area (Å²) in [6, 6.07) is 3.83. The molecule has 3 heterocycles. The quantitative estimate of drug-likeness (QED) is 0.767. The van der Waals surface area contributed by atoms with E-state index >= 15 is 0 Å². The van der Waals surface area contributed by atoms with E-state index in [2.05, 4.69) is 15.1 Å². The molecule has 6 nitrogen and oxygen atoms in total. The van der Waals surface area contributed by atoms with Gasteiger partial charge >= 0.3 is 0 Å². The van der Waals surface area contributed by atoms with Crippen LogP contribution in [0.15, 0.2) is 18.3 Å². The maximum Gasteiger partial charge on any atom is 0.251 e. The van der Waals surface area contributed by atoms with Gasteiger partial charge in [0.15, 0.2) is 5.82 Å². The molecule has 0 aliphatic carbocycles. The molecule has 0 aromatic carbocycles. The van der Waals surface area contributed by atoms with Crippen LogP contribution in [0, 0.1) is 0 Å². The van der Waals surface area contributed by atoms with Gasteiger partial charge in [-0.15, -0.1) is 5.10 Å². The number of piperazine rings is 1. The van der Waals surface area contributed by atoms with Crippen LogP contribution in [-0.2, 0) is 9.53 Å². The Morgan fingerprint density at radius 1 is 1.32 bits per heavy atom. The average Bonchev–Trinajstić information content (AvgIpc) is 3.02. The van der Waals surface area contributed by atoms with Crippen LogP contribution in [-0.4, -0.2) is 59.9 Å². The predicted molar refractivity (Wildman–Crippen MR) is 69.8 cm³/mol. The third kappa shape index (κ3) is 2.68. The third-order valence-corrected chi connectivity index (χ3v) is 3.68. The van der Waals surface area contributed by atoms with Gasteiger partial charge in [0.2, 0.25) is 0 Å². The van der Waals surface area contributed by atoms with E-state index in [0.29, 0.717) is 0 Å². The Balaban J connectivity index is 1.56. The minimum absolute atomic E-state index is 0.149. The fourth-order valence-electron chi connectivity index (χ4n) is 2.59. The number of rotatable bonds is 2. The normalized spacial score (nSPS) is 23.7. The second kappa shape index (κ2) is 5.52. The predicted octanol–water partition coefficient (Wildman–Crippen LogP) is 0.304. The van der Waals surface area contributed by atoms with Gasteiger partial charge in [-0.3, -0.25) is 4.79 Å². The summed E-state index contributed by atoms with van der Waals surface area (Å²) in [5.74, 6) is 1.03. The summed E-state index contributed by atoms with van der Waals surface area (Å²) in [7, 11) is 0. The van der Waals surface area contributed by atoms with Gasteiger partial charge in [-0.1, -0.05) is 0 Å². The van der Waals surface area contributed by atoms with Gasteiger partial charge in [-0.25, -0.2) is 0 Å². The number of hydrogen-bond acceptors (Lipinski definition) is 5. The second-order valence-corrected chi connectivity index (χ2v) is 4.90. The first-order valence-corrected chi connectivity index (χ1v) is 6.77. The van der Waals surface area contributed by atoms with Crippen LogP contribution in [0.3, 0.4) is 0 Å². The molecule has 1 aromatic rings. The Bertz CT molecular complexity index is 426. The minimum Gasteiger partial charge on any atom is -0.368 e. The molecule has 2 fully saturated rings. The third-order valence-electron chi connectivity index (χ3n) is 3.68. The van der Waals surface area contributed by atoms with E-state index in [0.717, 1.165) is 51.4 Å². The fraction of sp³-hybridized carbons (Fsp3) is 0.615. The number of aromatic nitrogens is 2. The molecule has 6 heteroatoms. The molecule has 2 aliphatic heterocycles. The van der Waals surface area contributed by atoms with Crippen molar-refractivity contribution in [3.8, 4) is 0 Å². The molecule has 0 spiro atoms. The molecule has 19 heavy (non-hydrogen) atoms. The zero-order valence-electron chi connectivity index (χ0n) is 10.9. The lowest BCUT2D eigenvalue weighted by Crippen LogP contribution is -2.51. The van der Waals surface area contributed by atoms with E-state index in [9.17, 15) is 4.79 Å². The molecule has 1 aromatic heterocycles. The summed E-state index contributed by atoms with van der Waals surface area (Å²) in [6.45, 7) is 3.79. The molecule has 0 radical (unpaired) electrons. The molecule has 1 atom stereocenters. The van der Waals surface area contributed by atoms with E-state index in [-0.39, 0.29) is 12.0 Å². The summed E-state index contributed by atoms with van der Waals surface area (Å²) in [5.41, 5.74) is 0. The van der Waals surface area contributed by atoms with E-state index in [1.54, 1.807) is 6.20 Å². The average molecular weight is 262 g/mol. The lowest BCUT2D eigenvalue weighted by atomic mass is 10.2. The van der Waals surface area contributed by atoms with Crippen molar-refractivity contribution in [1.82, 2.24) is 15.1 Å². The summed E-state index contributed by atoms with van der Waals surface area (Å²) in [6.07, 6.45) is 3.32. The van der Waals surface area contributed by atoms with Crippen molar-refractivity contribution < 1.29 is 9.53 Å². The van der Waals surface area contributed by atoms with Crippen molar-refractivity contribution in [3.63, 3.8) is 0 Å². The van der Waals surface area contributed by atoms with Gasteiger partial charge in [-0.05, 0) is 25.0 Å². The minimum atomic E-state index is -0.205. The van der Waals surface area contributed by atoms with Crippen LogP contribution in [0.1, 0.15) is 12.8 Å². The molecule has 3 rings (SSSR count). The molecule has 102 valence electrons. The van der Waals surface area contributed by atoms with E-state index in [4.69, 9.17) is 4.74 Å². The molecule has 0 unspecified atom stereocenters. The summed E-state index contributed by atoms with van der Waals surface area (Å²) < 4.78 is 5.45. The van der Waals surface area contributed by atoms with E-state index in [1.165, 1.54) is 0 Å². The molecule has 0 saturated carbocycles. The van der Waals surface area contributed by atoms with Crippen molar-refractivity contribution >= 4 is 11.7 Å². The van der Waals surface area contributed by atoms with Gasteiger partial charge in [0, 0.05) is 39.0 Å². The van der Waals surface area contributed by atoms with Crippen LogP contribution < -0.4 is 4.90 Å². The van der Waals surface area contributed by atoms with Crippen LogP contribution >= 0.6 is 0 Å². The lowest BCUT2D eigenvalue weighted by Gasteiger charge is -2.36. The number of amides is 1. The van der Waals surface area contributed by atoms with Gasteiger partial charge in [0.05, 0.1) is 0 Å². The Morgan fingerprint density at radius 3 is 2.79 bits per heavy atom. The molecule has 1 amide bonds. The van der Waals surface area contributed by atoms with Crippen LogP contribution in [0.25, 0.3) is 0 Å². The smallest absolute Gasteiger partial charge is 0.251 e. The SMILES string of the molecule is O=C([C@@H]1CCCO1)N1CCN(c2cccnn2)CC1. The van der Waals surface area contributed by atoms with Crippen LogP contribution in [0.4, 0.5) is 5.82 Å². The Hall–Kier alpha value is -1.69. The summed E-state index contributed by atoms with van der Waals surface area (Å²) in [4.78, 5) is 16.3. The number of nitrogens with zero attached hydrogens (tertiary/aromatic N) is 4. The number of hydrogen-bond donors (Lipinski definition) is 0. The highest BCUT2D eigenvalue weighted by Gasteiger charge is 2.30. The fourth-order valence-corrected chi connectivity index (χ4v) is 2.59. The second-order valence-electron chi connectivity index (χ2n) is 4.90. The Morgan fingerprint density at radius 2 is 2.16 bits per heavy atom. The van der Waals surface area contributed by atoms with E-state index in [1.807, 2.05) is 17.0 Å². The first-order chi connectivity index (χ1) is 9.34. The standard InChI is InChI=1S/C13H18N4O2/c18-13(11-3-2-10-19-11)17-8-6-16(7-9-17)12-4-1-5-14-15-12/h1,4-5,11H,2-3,6-10H2/t11-/m0/s1. The molecule has 2 saturated heterocycles. The molecule has 0 N–H and O–H groups in total. The largest absolute Gasteiger partial charge is 0.368 e. The van der Waals surface area contributed by atoms with Gasteiger partial charge in [0.25, 0.3) is 5.91 Å². The zero-order chi connectivity index (χ0) is 13.1. The first kappa shape index (κ1) is 12.3. The van der Waals surface area contributed by atoms with Crippen LogP contribution in [0.5, 0.6) is 0 Å². The molecular formula is C13H18N4O2. The monoisotopic (exact) mass is 262 g/mol. The van der Waals surface area contributed by atoms with Crippen molar-refractivity contribution in [3.05, 3.63) is 18.3 Å². The molecule has 0 bridgehead atoms. The summed E-state index contributed by atoms with van der Waals surface area (Å²) >= 11 is 0. The highest BCUT2D eigenvalue weighted by molar-refractivity contribution is 5.81. The van der Waals surface area contributed by atoms with Crippen LogP contribution in [0.2, 0.25) is 0 Å². The number of carbonyl (C=O) groups excluding carboxylic acids is 1. The van der Waals surface area contributed by atoms with Crippen molar-refractivity contribution in [2.24, 2.45) is 0 Å². The Kier molecular flexibility index (Phi) is 3.59. The maximum absolute atomic E-state index is 12.2. The Labute approximate surface area is 112 Å². The van der Waals surface area contributed by atoms with Crippen molar-refractivity contribution in [2.45, 2.75) is 18.9 Å². The van der Waals surface area contributed by atoms with Gasteiger partial charge in [-0.2, -0.15) is 5.10 Å². The van der Waals surface area contributed by atoms with Crippen molar-refractivity contribution in [1.29, 1.82) is 0 Å². The number of carbonyl (C=O) groups is 1. The van der Waals surface area contributed by atoms with Crippen molar-refractivity contribution in [2.75, 3.05) is 37.7 Å². The highest BCUT2D eigenvalue weighted by atomic mass is 16.5. The maximum atomic E-state index is 12.2. The topological polar surface area (TPSA) is 58.6 Å². The molecule has 2 aliphatic rings. The highest BCUT2D eigenvalue weighted by Crippen LogP contribution is 2.17. The summed E-state index contributed by atoms with van der Waals surface area (Å²) in [5, 5.41) is 7.98.